The van der Waals surface area contributed by atoms with E-state index in [-0.39, 0.29) is 17.8 Å². The lowest BCUT2D eigenvalue weighted by Gasteiger charge is -2.14. The fourth-order valence-corrected chi connectivity index (χ4v) is 1.53. The summed E-state index contributed by atoms with van der Waals surface area (Å²) in [5.41, 5.74) is 0.763. The fourth-order valence-electron chi connectivity index (χ4n) is 1.40. The van der Waals surface area contributed by atoms with Gasteiger partial charge in [-0.25, -0.2) is 4.39 Å². The van der Waals surface area contributed by atoms with Crippen LogP contribution in [0.5, 0.6) is 0 Å². The topological polar surface area (TPSA) is 29.1 Å². The number of alkyl halides is 1. The van der Waals surface area contributed by atoms with Crippen LogP contribution in [0.3, 0.4) is 0 Å². The molecule has 16 heavy (non-hydrogen) atoms. The first-order chi connectivity index (χ1) is 7.63. The number of nitrogens with one attached hydrogen (secondary N) is 1. The van der Waals surface area contributed by atoms with Gasteiger partial charge in [0.15, 0.2) is 0 Å². The molecule has 0 saturated heterocycles. The third-order valence-corrected chi connectivity index (χ3v) is 2.53. The van der Waals surface area contributed by atoms with Crippen LogP contribution >= 0.6 is 11.6 Å². The van der Waals surface area contributed by atoms with Gasteiger partial charge in [0, 0.05) is 12.3 Å². The molecule has 2 nitrogen and oxygen atoms in total. The molecule has 0 saturated carbocycles. The van der Waals surface area contributed by atoms with Crippen LogP contribution in [0.25, 0.3) is 0 Å². The van der Waals surface area contributed by atoms with Crippen LogP contribution in [0.1, 0.15) is 31.4 Å². The van der Waals surface area contributed by atoms with E-state index in [1.165, 1.54) is 12.1 Å². The minimum absolute atomic E-state index is 0.0580. The number of carbonyl (C=O) groups is 1. The molecule has 1 aromatic carbocycles. The predicted octanol–water partition coefficient (Wildman–Crippen LogP) is 3.02. The van der Waals surface area contributed by atoms with Crippen molar-refractivity contribution in [1.82, 2.24) is 5.32 Å². The van der Waals surface area contributed by atoms with Crippen molar-refractivity contribution in [2.75, 3.05) is 5.88 Å². The highest BCUT2D eigenvalue weighted by molar-refractivity contribution is 6.17. The quantitative estimate of drug-likeness (QED) is 0.792. The van der Waals surface area contributed by atoms with Gasteiger partial charge in [-0.15, -0.1) is 11.6 Å². The van der Waals surface area contributed by atoms with Crippen molar-refractivity contribution in [3.63, 3.8) is 0 Å². The van der Waals surface area contributed by atoms with E-state index in [0.29, 0.717) is 18.7 Å². The minimum atomic E-state index is -0.292. The number of amides is 1. The molecule has 1 rings (SSSR count). The third kappa shape index (κ3) is 4.19. The van der Waals surface area contributed by atoms with Crippen molar-refractivity contribution in [2.45, 2.75) is 25.8 Å². The first kappa shape index (κ1) is 13.0. The van der Waals surface area contributed by atoms with Crippen LogP contribution in [-0.4, -0.2) is 11.8 Å². The van der Waals surface area contributed by atoms with Crippen LogP contribution in [0.4, 0.5) is 4.39 Å². The number of hydrogen-bond acceptors (Lipinski definition) is 1. The zero-order valence-electron chi connectivity index (χ0n) is 9.17. The Hall–Kier alpha value is -1.09. The number of halogens is 2. The van der Waals surface area contributed by atoms with Crippen molar-refractivity contribution in [1.29, 1.82) is 0 Å². The van der Waals surface area contributed by atoms with E-state index in [1.807, 2.05) is 6.92 Å². The lowest BCUT2D eigenvalue weighted by Crippen LogP contribution is -2.26. The Kier molecular flexibility index (Phi) is 5.26. The average Bonchev–Trinajstić information content (AvgIpc) is 2.26. The summed E-state index contributed by atoms with van der Waals surface area (Å²) >= 11 is 5.49. The van der Waals surface area contributed by atoms with E-state index in [1.54, 1.807) is 12.1 Å². The molecule has 0 aliphatic carbocycles. The highest BCUT2D eigenvalue weighted by atomic mass is 35.5. The molecule has 1 atom stereocenters. The molecule has 0 aliphatic rings. The third-order valence-electron chi connectivity index (χ3n) is 2.26. The Morgan fingerprint density at radius 1 is 1.56 bits per heavy atom. The molecule has 0 bridgehead atoms. The van der Waals surface area contributed by atoms with Crippen molar-refractivity contribution >= 4 is 17.5 Å². The van der Waals surface area contributed by atoms with Gasteiger partial charge in [0.05, 0.1) is 6.04 Å². The molecule has 0 radical (unpaired) electrons. The SMILES string of the molecule is C[C@@H](NC(=O)CCCCl)c1cccc(F)c1. The number of benzene rings is 1. The van der Waals surface area contributed by atoms with Gasteiger partial charge in [-0.1, -0.05) is 12.1 Å². The van der Waals surface area contributed by atoms with E-state index in [4.69, 9.17) is 11.6 Å². The lowest BCUT2D eigenvalue weighted by molar-refractivity contribution is -0.121. The van der Waals surface area contributed by atoms with E-state index >= 15 is 0 Å². The Labute approximate surface area is 99.8 Å². The molecule has 0 aliphatic heterocycles. The summed E-state index contributed by atoms with van der Waals surface area (Å²) in [5.74, 6) is 0.124. The molecule has 1 N–H and O–H groups in total. The summed E-state index contributed by atoms with van der Waals surface area (Å²) in [7, 11) is 0. The number of rotatable bonds is 5. The van der Waals surface area contributed by atoms with E-state index < -0.39 is 0 Å². The smallest absolute Gasteiger partial charge is 0.220 e. The van der Waals surface area contributed by atoms with Gasteiger partial charge in [-0.2, -0.15) is 0 Å². The fraction of sp³-hybridized carbons (Fsp3) is 0.417. The number of hydrogen-bond donors (Lipinski definition) is 1. The molecule has 1 aromatic rings. The van der Waals surface area contributed by atoms with Crippen LogP contribution in [0.15, 0.2) is 24.3 Å². The molecular weight excluding hydrogens is 229 g/mol. The second kappa shape index (κ2) is 6.48. The van der Waals surface area contributed by atoms with Crippen molar-refractivity contribution in [3.05, 3.63) is 35.6 Å². The maximum atomic E-state index is 12.9. The standard InChI is InChI=1S/C12H15ClFNO/c1-9(15-12(16)6-3-7-13)10-4-2-5-11(14)8-10/h2,4-5,8-9H,3,6-7H2,1H3,(H,15,16)/t9-/m1/s1. The Balaban J connectivity index is 2.52. The lowest BCUT2D eigenvalue weighted by atomic mass is 10.1. The summed E-state index contributed by atoms with van der Waals surface area (Å²) in [6.07, 6.45) is 1.06. The predicted molar refractivity (Wildman–Crippen MR) is 62.9 cm³/mol. The maximum Gasteiger partial charge on any atom is 0.220 e. The first-order valence-corrected chi connectivity index (χ1v) is 5.77. The summed E-state index contributed by atoms with van der Waals surface area (Å²) in [5, 5.41) is 2.79. The highest BCUT2D eigenvalue weighted by Crippen LogP contribution is 2.13. The molecule has 0 unspecified atom stereocenters. The van der Waals surface area contributed by atoms with Gasteiger partial charge >= 0.3 is 0 Å². The van der Waals surface area contributed by atoms with Gasteiger partial charge in [0.25, 0.3) is 0 Å². The summed E-state index contributed by atoms with van der Waals surface area (Å²) in [6.45, 7) is 1.83. The van der Waals surface area contributed by atoms with Crippen molar-refractivity contribution in [2.24, 2.45) is 0 Å². The van der Waals surface area contributed by atoms with Crippen LogP contribution < -0.4 is 5.32 Å². The molecule has 1 amide bonds. The second-order valence-corrected chi connectivity index (χ2v) is 4.01. The molecule has 0 aromatic heterocycles. The zero-order chi connectivity index (χ0) is 12.0. The van der Waals surface area contributed by atoms with Crippen LogP contribution in [0, 0.1) is 5.82 Å². The average molecular weight is 244 g/mol. The minimum Gasteiger partial charge on any atom is -0.350 e. The van der Waals surface area contributed by atoms with Gasteiger partial charge in [0.2, 0.25) is 5.91 Å². The molecule has 0 spiro atoms. The molecule has 0 fully saturated rings. The normalized spacial score (nSPS) is 12.2. The van der Waals surface area contributed by atoms with Gasteiger partial charge in [-0.05, 0) is 31.0 Å². The molecule has 88 valence electrons. The monoisotopic (exact) mass is 243 g/mol. The van der Waals surface area contributed by atoms with E-state index in [0.717, 1.165) is 5.56 Å². The van der Waals surface area contributed by atoms with Gasteiger partial charge in [0.1, 0.15) is 5.82 Å². The molecular formula is C12H15ClFNO. The van der Waals surface area contributed by atoms with E-state index in [2.05, 4.69) is 5.32 Å². The van der Waals surface area contributed by atoms with Gasteiger partial charge < -0.3 is 5.32 Å². The Morgan fingerprint density at radius 2 is 2.31 bits per heavy atom. The second-order valence-electron chi connectivity index (χ2n) is 3.64. The first-order valence-electron chi connectivity index (χ1n) is 5.24. The maximum absolute atomic E-state index is 12.9. The highest BCUT2D eigenvalue weighted by Gasteiger charge is 2.09. The summed E-state index contributed by atoms with van der Waals surface area (Å²) < 4.78 is 12.9. The zero-order valence-corrected chi connectivity index (χ0v) is 9.93. The number of carbonyl (C=O) groups excluding carboxylic acids is 1. The van der Waals surface area contributed by atoms with E-state index in [9.17, 15) is 9.18 Å². The Bertz CT molecular complexity index is 357. The van der Waals surface area contributed by atoms with Crippen LogP contribution in [0.2, 0.25) is 0 Å². The largest absolute Gasteiger partial charge is 0.350 e. The summed E-state index contributed by atoms with van der Waals surface area (Å²) in [6, 6.07) is 6.04. The van der Waals surface area contributed by atoms with Crippen molar-refractivity contribution < 1.29 is 9.18 Å². The van der Waals surface area contributed by atoms with Crippen molar-refractivity contribution in [3.8, 4) is 0 Å². The summed E-state index contributed by atoms with van der Waals surface area (Å²) in [4.78, 5) is 11.4. The molecule has 0 heterocycles. The Morgan fingerprint density at radius 3 is 2.94 bits per heavy atom. The van der Waals surface area contributed by atoms with Crippen LogP contribution in [-0.2, 0) is 4.79 Å². The molecule has 4 heteroatoms. The van der Waals surface area contributed by atoms with Gasteiger partial charge in [-0.3, -0.25) is 4.79 Å².